The molecule has 5 rings (SSSR count). The number of benzene rings is 1. The summed E-state index contributed by atoms with van der Waals surface area (Å²) < 4.78 is 14.8. The van der Waals surface area contributed by atoms with Crippen molar-refractivity contribution < 1.29 is 9.15 Å². The third-order valence-electron chi connectivity index (χ3n) is 6.21. The smallest absolute Gasteiger partial charge is 0.287 e. The fraction of sp³-hybridized carbons (Fsp3) is 0.478. The summed E-state index contributed by atoms with van der Waals surface area (Å²) in [7, 11) is 0. The molecule has 1 unspecified atom stereocenters. The van der Waals surface area contributed by atoms with E-state index < -0.39 is 0 Å². The zero-order chi connectivity index (χ0) is 21.9. The molecule has 2 aromatic heterocycles. The van der Waals surface area contributed by atoms with E-state index in [4.69, 9.17) is 20.8 Å². The van der Waals surface area contributed by atoms with Crippen LogP contribution in [0.25, 0.3) is 11.0 Å². The van der Waals surface area contributed by atoms with E-state index in [1.807, 2.05) is 12.1 Å². The van der Waals surface area contributed by atoms with E-state index >= 15 is 0 Å². The molecule has 0 radical (unpaired) electrons. The van der Waals surface area contributed by atoms with Gasteiger partial charge in [0.2, 0.25) is 0 Å². The van der Waals surface area contributed by atoms with E-state index in [9.17, 15) is 4.79 Å². The van der Waals surface area contributed by atoms with Crippen molar-refractivity contribution in [2.75, 3.05) is 38.2 Å². The monoisotopic (exact) mass is 474 g/mol. The molecule has 1 atom stereocenters. The van der Waals surface area contributed by atoms with Crippen LogP contribution < -0.4 is 10.9 Å². The number of furan rings is 1. The quantitative estimate of drug-likeness (QED) is 0.513. The zero-order valence-electron chi connectivity index (χ0n) is 17.8. The van der Waals surface area contributed by atoms with Crippen molar-refractivity contribution in [1.29, 1.82) is 0 Å². The van der Waals surface area contributed by atoms with Crippen LogP contribution in [0.3, 0.4) is 0 Å². The van der Waals surface area contributed by atoms with Crippen LogP contribution in [0, 0.1) is 5.92 Å². The lowest BCUT2D eigenvalue weighted by Gasteiger charge is -2.31. The van der Waals surface area contributed by atoms with Gasteiger partial charge in [-0.3, -0.25) is 4.79 Å². The van der Waals surface area contributed by atoms with Crippen molar-refractivity contribution in [3.05, 3.63) is 52.1 Å². The molecule has 9 heteroatoms. The summed E-state index contributed by atoms with van der Waals surface area (Å²) in [6.07, 6.45) is 7.32. The summed E-state index contributed by atoms with van der Waals surface area (Å²) in [5.41, 5.74) is 1.30. The van der Waals surface area contributed by atoms with Gasteiger partial charge in [0, 0.05) is 36.5 Å². The first kappa shape index (κ1) is 21.8. The van der Waals surface area contributed by atoms with E-state index in [0.717, 1.165) is 69.5 Å². The Hall–Kier alpha value is -2.00. The Balaban J connectivity index is 1.18. The maximum absolute atomic E-state index is 12.9. The third kappa shape index (κ3) is 4.83. The van der Waals surface area contributed by atoms with E-state index in [1.165, 1.54) is 4.90 Å². The summed E-state index contributed by atoms with van der Waals surface area (Å²) in [5.74, 6) is 0.443. The van der Waals surface area contributed by atoms with E-state index in [0.29, 0.717) is 11.6 Å². The van der Waals surface area contributed by atoms with Gasteiger partial charge in [0.05, 0.1) is 30.8 Å². The number of hydrogen-bond donors (Lipinski definition) is 1. The third-order valence-corrected chi connectivity index (χ3v) is 7.66. The van der Waals surface area contributed by atoms with Crippen molar-refractivity contribution in [3.63, 3.8) is 0 Å². The molecule has 3 aromatic rings. The summed E-state index contributed by atoms with van der Waals surface area (Å²) >= 11 is 8.17. The van der Waals surface area contributed by atoms with Gasteiger partial charge in [-0.1, -0.05) is 11.6 Å². The Bertz CT molecular complexity index is 1120. The van der Waals surface area contributed by atoms with Crippen molar-refractivity contribution in [1.82, 2.24) is 14.1 Å². The van der Waals surface area contributed by atoms with E-state index in [2.05, 4.69) is 26.9 Å². The van der Waals surface area contributed by atoms with Crippen molar-refractivity contribution in [2.24, 2.45) is 5.92 Å². The molecular formula is C23H27ClN4O3S. The number of anilines is 1. The molecule has 0 spiro atoms. The van der Waals surface area contributed by atoms with Crippen LogP contribution in [0.4, 0.5) is 5.69 Å². The second-order valence-electron chi connectivity index (χ2n) is 8.46. The minimum atomic E-state index is -0.215. The summed E-state index contributed by atoms with van der Waals surface area (Å²) in [6.45, 7) is 4.09. The highest BCUT2D eigenvalue weighted by molar-refractivity contribution is 7.97. The van der Waals surface area contributed by atoms with Crippen LogP contribution in [-0.2, 0) is 4.74 Å². The Morgan fingerprint density at radius 1 is 1.22 bits per heavy atom. The number of piperidine rings is 1. The first-order chi connectivity index (χ1) is 15.7. The lowest BCUT2D eigenvalue weighted by molar-refractivity contribution is 0.0595. The normalized spacial score (nSPS) is 20.6. The van der Waals surface area contributed by atoms with Gasteiger partial charge >= 0.3 is 0 Å². The maximum atomic E-state index is 12.9. The number of aromatic nitrogens is 2. The Morgan fingerprint density at radius 2 is 2.09 bits per heavy atom. The first-order valence-corrected chi connectivity index (χ1v) is 12.3. The van der Waals surface area contributed by atoms with Gasteiger partial charge in [-0.2, -0.15) is 5.10 Å². The number of fused-ring (bicyclic) bond motifs is 1. The van der Waals surface area contributed by atoms with Crippen molar-refractivity contribution in [2.45, 2.75) is 36.6 Å². The number of hydrogen-bond acceptors (Lipinski definition) is 7. The van der Waals surface area contributed by atoms with Gasteiger partial charge < -0.3 is 14.5 Å². The van der Waals surface area contributed by atoms with Crippen molar-refractivity contribution in [3.8, 4) is 0 Å². The molecule has 7 nitrogen and oxygen atoms in total. The molecule has 2 aliphatic rings. The van der Waals surface area contributed by atoms with Crippen LogP contribution in [0.15, 0.2) is 50.8 Å². The summed E-state index contributed by atoms with van der Waals surface area (Å²) in [6, 6.07) is 8.28. The molecule has 0 amide bonds. The molecule has 2 saturated heterocycles. The molecule has 1 aromatic carbocycles. The Morgan fingerprint density at radius 3 is 2.91 bits per heavy atom. The molecule has 0 bridgehead atoms. The molecule has 32 heavy (non-hydrogen) atoms. The Labute approximate surface area is 196 Å². The highest BCUT2D eigenvalue weighted by atomic mass is 35.5. The topological polar surface area (TPSA) is 72.5 Å². The number of nitrogens with one attached hydrogen (secondary N) is 1. The molecule has 0 saturated carbocycles. The van der Waals surface area contributed by atoms with Gasteiger partial charge in [-0.25, -0.2) is 8.99 Å². The second kappa shape index (κ2) is 9.87. The second-order valence-corrected chi connectivity index (χ2v) is 10.0. The highest BCUT2D eigenvalue weighted by Crippen LogP contribution is 2.32. The van der Waals surface area contributed by atoms with Crippen LogP contribution in [-0.4, -0.2) is 46.9 Å². The van der Waals surface area contributed by atoms with Crippen LogP contribution in [0.2, 0.25) is 5.02 Å². The number of nitrogens with zero attached hydrogens (tertiary/aromatic N) is 3. The minimum absolute atomic E-state index is 0.0639. The fourth-order valence-electron chi connectivity index (χ4n) is 4.38. The zero-order valence-corrected chi connectivity index (χ0v) is 19.4. The molecular weight excluding hydrogens is 448 g/mol. The number of ether oxygens (including phenoxy) is 1. The SMILES string of the molecule is O=c1c(Cl)c(NCC2CCCOC2)cnn1C1CCN(Sc2ccc3occc3c2)CC1. The van der Waals surface area contributed by atoms with E-state index in [1.54, 1.807) is 29.1 Å². The fourth-order valence-corrected chi connectivity index (χ4v) is 5.58. The van der Waals surface area contributed by atoms with Gasteiger partial charge in [-0.15, -0.1) is 0 Å². The molecule has 0 aliphatic carbocycles. The Kier molecular flexibility index (Phi) is 6.73. The molecule has 1 N–H and O–H groups in total. The van der Waals surface area contributed by atoms with Gasteiger partial charge in [0.15, 0.2) is 0 Å². The van der Waals surface area contributed by atoms with Crippen LogP contribution in [0.1, 0.15) is 31.7 Å². The largest absolute Gasteiger partial charge is 0.464 e. The predicted octanol–water partition coefficient (Wildman–Crippen LogP) is 4.83. The molecule has 170 valence electrons. The maximum Gasteiger partial charge on any atom is 0.287 e. The van der Waals surface area contributed by atoms with Crippen LogP contribution in [0.5, 0.6) is 0 Å². The van der Waals surface area contributed by atoms with Gasteiger partial charge in [-0.05, 0) is 67.8 Å². The number of rotatable bonds is 6. The predicted molar refractivity (Wildman–Crippen MR) is 127 cm³/mol. The van der Waals surface area contributed by atoms with E-state index in [-0.39, 0.29) is 16.6 Å². The molecule has 4 heterocycles. The number of halogens is 1. The lowest BCUT2D eigenvalue weighted by Crippen LogP contribution is -2.36. The molecule has 2 aliphatic heterocycles. The highest BCUT2D eigenvalue weighted by Gasteiger charge is 2.24. The van der Waals surface area contributed by atoms with Gasteiger partial charge in [0.25, 0.3) is 5.56 Å². The average Bonchev–Trinajstić information content (AvgIpc) is 3.29. The average molecular weight is 475 g/mol. The standard InChI is InChI=1S/C23H27ClN4O3S/c24-22-20(25-13-16-2-1-10-30-15-16)14-26-28(23(22)29)18-5-8-27(9-6-18)32-19-3-4-21-17(12-19)7-11-31-21/h3-4,7,11-12,14,16,18,25H,1-2,5-6,8-10,13,15H2. The summed E-state index contributed by atoms with van der Waals surface area (Å²) in [4.78, 5) is 14.1. The minimum Gasteiger partial charge on any atom is -0.464 e. The molecule has 2 fully saturated rings. The summed E-state index contributed by atoms with van der Waals surface area (Å²) in [5, 5.41) is 9.08. The first-order valence-electron chi connectivity index (χ1n) is 11.2. The van der Waals surface area contributed by atoms with Crippen LogP contribution >= 0.6 is 23.5 Å². The van der Waals surface area contributed by atoms with Crippen molar-refractivity contribution >= 4 is 40.2 Å². The van der Waals surface area contributed by atoms with Gasteiger partial charge in [0.1, 0.15) is 10.6 Å². The lowest BCUT2D eigenvalue weighted by atomic mass is 10.0.